The van der Waals surface area contributed by atoms with Crippen LogP contribution in [0.4, 0.5) is 23.2 Å². The number of hydrogen-bond acceptors (Lipinski definition) is 4. The van der Waals surface area contributed by atoms with Crippen molar-refractivity contribution in [2.24, 2.45) is 0 Å². The van der Waals surface area contributed by atoms with E-state index in [1.807, 2.05) is 0 Å². The Morgan fingerprint density at radius 1 is 1.00 bits per heavy atom. The SMILES string of the molecule is Cc1ccc(S(=O)(=O)N(CC(=O)NCCOc2ccc(F)cc2)c2cccc(C(F)(F)F)c2)cc1. The van der Waals surface area contributed by atoms with E-state index in [0.29, 0.717) is 16.1 Å². The van der Waals surface area contributed by atoms with E-state index in [-0.39, 0.29) is 23.7 Å². The number of aryl methyl sites for hydroxylation is 1. The molecule has 0 spiro atoms. The molecule has 1 amide bonds. The average molecular weight is 511 g/mol. The molecule has 0 heterocycles. The van der Waals surface area contributed by atoms with Crippen molar-refractivity contribution >= 4 is 21.6 Å². The lowest BCUT2D eigenvalue weighted by atomic mass is 10.2. The number of nitrogens with zero attached hydrogens (tertiary/aromatic N) is 1. The summed E-state index contributed by atoms with van der Waals surface area (Å²) in [4.78, 5) is 12.4. The van der Waals surface area contributed by atoms with E-state index in [2.05, 4.69) is 5.32 Å². The Bertz CT molecular complexity index is 1260. The number of halogens is 4. The van der Waals surface area contributed by atoms with Gasteiger partial charge in [-0.25, -0.2) is 12.8 Å². The second-order valence-corrected chi connectivity index (χ2v) is 9.39. The van der Waals surface area contributed by atoms with Crippen molar-refractivity contribution in [1.29, 1.82) is 0 Å². The van der Waals surface area contributed by atoms with Crippen molar-refractivity contribution in [2.75, 3.05) is 24.0 Å². The predicted octanol–water partition coefficient (Wildman–Crippen LogP) is 4.54. The molecule has 3 aromatic carbocycles. The number of ether oxygens (including phenoxy) is 1. The minimum Gasteiger partial charge on any atom is -0.492 e. The molecular weight excluding hydrogens is 488 g/mol. The topological polar surface area (TPSA) is 75.7 Å². The molecule has 35 heavy (non-hydrogen) atoms. The van der Waals surface area contributed by atoms with E-state index in [0.717, 1.165) is 17.7 Å². The largest absolute Gasteiger partial charge is 0.492 e. The monoisotopic (exact) mass is 510 g/mol. The first-order valence-electron chi connectivity index (χ1n) is 10.4. The van der Waals surface area contributed by atoms with Gasteiger partial charge in [0.05, 0.1) is 22.7 Å². The fraction of sp³-hybridized carbons (Fsp3) is 0.208. The molecule has 3 rings (SSSR count). The number of rotatable bonds is 9. The third-order valence-corrected chi connectivity index (χ3v) is 6.65. The van der Waals surface area contributed by atoms with Crippen molar-refractivity contribution in [2.45, 2.75) is 18.0 Å². The van der Waals surface area contributed by atoms with Crippen LogP contribution in [0.15, 0.2) is 77.7 Å². The molecule has 11 heteroatoms. The summed E-state index contributed by atoms with van der Waals surface area (Å²) < 4.78 is 85.2. The standard InChI is InChI=1S/C24H22F4N2O4S/c1-17-5-11-22(12-6-17)35(32,33)30(20-4-2-3-18(15-20)24(26,27)28)16-23(31)29-13-14-34-21-9-7-19(25)8-10-21/h2-12,15H,13-14,16H2,1H3,(H,29,31). The molecule has 6 nitrogen and oxygen atoms in total. The van der Waals surface area contributed by atoms with Crippen molar-refractivity contribution in [1.82, 2.24) is 5.32 Å². The summed E-state index contributed by atoms with van der Waals surface area (Å²) >= 11 is 0. The normalized spacial score (nSPS) is 11.7. The molecule has 1 N–H and O–H groups in total. The first-order valence-corrected chi connectivity index (χ1v) is 11.8. The molecule has 0 saturated heterocycles. The Balaban J connectivity index is 1.78. The molecule has 0 aliphatic carbocycles. The number of amides is 1. The van der Waals surface area contributed by atoms with Crippen LogP contribution >= 0.6 is 0 Å². The van der Waals surface area contributed by atoms with Gasteiger partial charge in [0, 0.05) is 0 Å². The number of sulfonamides is 1. The van der Waals surface area contributed by atoms with Crippen LogP contribution in [-0.2, 0) is 21.0 Å². The van der Waals surface area contributed by atoms with E-state index < -0.39 is 40.0 Å². The summed E-state index contributed by atoms with van der Waals surface area (Å²) in [5.41, 5.74) is -0.571. The maximum atomic E-state index is 13.3. The summed E-state index contributed by atoms with van der Waals surface area (Å²) in [6.07, 6.45) is -4.70. The third-order valence-electron chi connectivity index (χ3n) is 4.86. The number of hydrogen-bond donors (Lipinski definition) is 1. The average Bonchev–Trinajstić information content (AvgIpc) is 2.81. The van der Waals surface area contributed by atoms with Crippen molar-refractivity contribution < 1.29 is 35.5 Å². The molecule has 0 bridgehead atoms. The Kier molecular flexibility index (Phi) is 8.00. The lowest BCUT2D eigenvalue weighted by Crippen LogP contribution is -2.42. The van der Waals surface area contributed by atoms with Crippen molar-refractivity contribution in [3.63, 3.8) is 0 Å². The molecule has 0 fully saturated rings. The van der Waals surface area contributed by atoms with Gasteiger partial charge in [0.15, 0.2) is 0 Å². The second-order valence-electron chi connectivity index (χ2n) is 7.53. The van der Waals surface area contributed by atoms with Gasteiger partial charge in [-0.1, -0.05) is 23.8 Å². The van der Waals surface area contributed by atoms with E-state index in [4.69, 9.17) is 4.74 Å². The second kappa shape index (κ2) is 10.8. The van der Waals surface area contributed by atoms with Crippen LogP contribution in [0.1, 0.15) is 11.1 Å². The van der Waals surface area contributed by atoms with Gasteiger partial charge in [-0.3, -0.25) is 9.10 Å². The van der Waals surface area contributed by atoms with Gasteiger partial charge in [-0.15, -0.1) is 0 Å². The fourth-order valence-corrected chi connectivity index (χ4v) is 4.48. The molecule has 186 valence electrons. The van der Waals surface area contributed by atoms with E-state index in [9.17, 15) is 30.8 Å². The maximum absolute atomic E-state index is 13.3. The van der Waals surface area contributed by atoms with E-state index in [1.54, 1.807) is 19.1 Å². The van der Waals surface area contributed by atoms with Gasteiger partial charge in [-0.2, -0.15) is 13.2 Å². The fourth-order valence-electron chi connectivity index (χ4n) is 3.07. The zero-order chi connectivity index (χ0) is 25.6. The Labute approximate surface area is 200 Å². The van der Waals surface area contributed by atoms with Crippen LogP contribution in [-0.4, -0.2) is 34.0 Å². The number of anilines is 1. The summed E-state index contributed by atoms with van der Waals surface area (Å²) in [6, 6.07) is 14.7. The van der Waals surface area contributed by atoms with Crippen LogP contribution in [0, 0.1) is 12.7 Å². The molecule has 0 aromatic heterocycles. The Hall–Kier alpha value is -3.60. The lowest BCUT2D eigenvalue weighted by Gasteiger charge is -2.25. The van der Waals surface area contributed by atoms with Gasteiger partial charge < -0.3 is 10.1 Å². The van der Waals surface area contributed by atoms with Crippen LogP contribution in [0.5, 0.6) is 5.75 Å². The molecule has 0 aliphatic rings. The highest BCUT2D eigenvalue weighted by Crippen LogP contribution is 2.33. The predicted molar refractivity (Wildman–Crippen MR) is 122 cm³/mol. The van der Waals surface area contributed by atoms with Gasteiger partial charge in [0.25, 0.3) is 10.0 Å². The summed E-state index contributed by atoms with van der Waals surface area (Å²) in [7, 11) is -4.37. The number of alkyl halides is 3. The van der Waals surface area contributed by atoms with Gasteiger partial charge in [-0.05, 0) is 61.5 Å². The first-order chi connectivity index (χ1) is 16.5. The Morgan fingerprint density at radius 3 is 2.29 bits per heavy atom. The number of carbonyl (C=O) groups excluding carboxylic acids is 1. The minimum absolute atomic E-state index is 0.00560. The molecule has 0 aliphatic heterocycles. The Morgan fingerprint density at radius 2 is 1.66 bits per heavy atom. The number of benzene rings is 3. The highest BCUT2D eigenvalue weighted by atomic mass is 32.2. The van der Waals surface area contributed by atoms with Crippen LogP contribution in [0.2, 0.25) is 0 Å². The highest BCUT2D eigenvalue weighted by Gasteiger charge is 2.33. The quantitative estimate of drug-likeness (QED) is 0.339. The summed E-state index contributed by atoms with van der Waals surface area (Å²) in [5.74, 6) is -0.816. The lowest BCUT2D eigenvalue weighted by molar-refractivity contribution is -0.137. The zero-order valence-corrected chi connectivity index (χ0v) is 19.4. The van der Waals surface area contributed by atoms with Crippen LogP contribution in [0.3, 0.4) is 0 Å². The highest BCUT2D eigenvalue weighted by molar-refractivity contribution is 7.92. The molecule has 0 unspecified atom stereocenters. The van der Waals surface area contributed by atoms with Crippen LogP contribution < -0.4 is 14.4 Å². The smallest absolute Gasteiger partial charge is 0.416 e. The number of nitrogens with one attached hydrogen (secondary N) is 1. The molecule has 3 aromatic rings. The first kappa shape index (κ1) is 26.0. The van der Waals surface area contributed by atoms with Crippen molar-refractivity contribution in [3.8, 4) is 5.75 Å². The van der Waals surface area contributed by atoms with Gasteiger partial charge in [0.1, 0.15) is 24.7 Å². The zero-order valence-electron chi connectivity index (χ0n) is 18.5. The molecule has 0 saturated carbocycles. The summed E-state index contributed by atoms with van der Waals surface area (Å²) in [6.45, 7) is 0.985. The van der Waals surface area contributed by atoms with Gasteiger partial charge in [0.2, 0.25) is 5.91 Å². The van der Waals surface area contributed by atoms with E-state index >= 15 is 0 Å². The number of carbonyl (C=O) groups is 1. The minimum atomic E-state index is -4.70. The molecular formula is C24H22F4N2O4S. The summed E-state index contributed by atoms with van der Waals surface area (Å²) in [5, 5.41) is 2.48. The van der Waals surface area contributed by atoms with Crippen LogP contribution in [0.25, 0.3) is 0 Å². The third kappa shape index (κ3) is 6.95. The molecule has 0 radical (unpaired) electrons. The molecule has 0 atom stereocenters. The van der Waals surface area contributed by atoms with E-state index in [1.165, 1.54) is 42.5 Å². The van der Waals surface area contributed by atoms with Crippen molar-refractivity contribution in [3.05, 3.63) is 89.7 Å². The van der Waals surface area contributed by atoms with Gasteiger partial charge >= 0.3 is 6.18 Å². The maximum Gasteiger partial charge on any atom is 0.416 e.